The van der Waals surface area contributed by atoms with Crippen molar-refractivity contribution in [1.82, 2.24) is 0 Å². The van der Waals surface area contributed by atoms with Gasteiger partial charge in [0.15, 0.2) is 0 Å². The van der Waals surface area contributed by atoms with Crippen molar-refractivity contribution in [3.8, 4) is 11.5 Å². The highest BCUT2D eigenvalue weighted by molar-refractivity contribution is 6.21. The Bertz CT molecular complexity index is 586. The molecule has 4 heteroatoms. The van der Waals surface area contributed by atoms with Crippen LogP contribution in [0.1, 0.15) is 16.5 Å². The SMILES string of the molecule is COc1ccc(OC)c(C(Cl)Cc2ccccc2F)c1. The van der Waals surface area contributed by atoms with E-state index in [0.29, 0.717) is 23.5 Å². The lowest BCUT2D eigenvalue weighted by Crippen LogP contribution is -2.01. The van der Waals surface area contributed by atoms with Gasteiger partial charge in [0.1, 0.15) is 17.3 Å². The third-order valence-electron chi connectivity index (χ3n) is 3.13. The Morgan fingerprint density at radius 3 is 2.50 bits per heavy atom. The normalized spacial score (nSPS) is 12.0. The highest BCUT2D eigenvalue weighted by Crippen LogP contribution is 2.35. The number of hydrogen-bond acceptors (Lipinski definition) is 2. The van der Waals surface area contributed by atoms with E-state index in [2.05, 4.69) is 0 Å². The van der Waals surface area contributed by atoms with Gasteiger partial charge in [-0.05, 0) is 36.2 Å². The van der Waals surface area contributed by atoms with E-state index in [0.717, 1.165) is 5.56 Å². The van der Waals surface area contributed by atoms with Gasteiger partial charge < -0.3 is 9.47 Å². The van der Waals surface area contributed by atoms with Gasteiger partial charge in [-0.25, -0.2) is 4.39 Å². The molecule has 0 aliphatic carbocycles. The molecule has 2 rings (SSSR count). The van der Waals surface area contributed by atoms with E-state index in [4.69, 9.17) is 21.1 Å². The summed E-state index contributed by atoms with van der Waals surface area (Å²) in [4.78, 5) is 0. The summed E-state index contributed by atoms with van der Waals surface area (Å²) >= 11 is 6.42. The summed E-state index contributed by atoms with van der Waals surface area (Å²) in [5, 5.41) is -0.392. The molecule has 0 aliphatic heterocycles. The first-order chi connectivity index (χ1) is 9.65. The summed E-state index contributed by atoms with van der Waals surface area (Å²) in [5.41, 5.74) is 1.37. The minimum Gasteiger partial charge on any atom is -0.497 e. The molecule has 0 saturated carbocycles. The van der Waals surface area contributed by atoms with Crippen LogP contribution in [0.2, 0.25) is 0 Å². The van der Waals surface area contributed by atoms with Gasteiger partial charge in [0.25, 0.3) is 0 Å². The zero-order chi connectivity index (χ0) is 14.5. The van der Waals surface area contributed by atoms with E-state index in [1.165, 1.54) is 6.07 Å². The van der Waals surface area contributed by atoms with E-state index in [1.807, 2.05) is 6.07 Å². The minimum atomic E-state index is -0.392. The van der Waals surface area contributed by atoms with Crippen LogP contribution in [0, 0.1) is 5.82 Å². The van der Waals surface area contributed by atoms with Gasteiger partial charge in [-0.2, -0.15) is 0 Å². The van der Waals surface area contributed by atoms with Crippen LogP contribution in [-0.4, -0.2) is 14.2 Å². The molecule has 0 heterocycles. The summed E-state index contributed by atoms with van der Waals surface area (Å²) in [6.45, 7) is 0. The van der Waals surface area contributed by atoms with Gasteiger partial charge in [0.05, 0.1) is 19.6 Å². The van der Waals surface area contributed by atoms with Crippen LogP contribution in [0.4, 0.5) is 4.39 Å². The number of halogens is 2. The fourth-order valence-electron chi connectivity index (χ4n) is 2.05. The van der Waals surface area contributed by atoms with Crippen LogP contribution >= 0.6 is 11.6 Å². The molecular weight excluding hydrogens is 279 g/mol. The molecule has 2 aromatic carbocycles. The van der Waals surface area contributed by atoms with Crippen molar-refractivity contribution in [2.24, 2.45) is 0 Å². The molecule has 2 nitrogen and oxygen atoms in total. The molecule has 0 N–H and O–H groups in total. The molecule has 0 aliphatic rings. The largest absolute Gasteiger partial charge is 0.497 e. The number of ether oxygens (including phenoxy) is 2. The molecule has 20 heavy (non-hydrogen) atoms. The lowest BCUT2D eigenvalue weighted by atomic mass is 10.0. The first-order valence-electron chi connectivity index (χ1n) is 6.25. The van der Waals surface area contributed by atoms with Crippen molar-refractivity contribution in [2.75, 3.05) is 14.2 Å². The first-order valence-corrected chi connectivity index (χ1v) is 6.68. The summed E-state index contributed by atoms with van der Waals surface area (Å²) in [7, 11) is 3.17. The Kier molecular flexibility index (Phi) is 4.85. The quantitative estimate of drug-likeness (QED) is 0.763. The van der Waals surface area contributed by atoms with Gasteiger partial charge in [-0.15, -0.1) is 11.6 Å². The maximum Gasteiger partial charge on any atom is 0.126 e. The third-order valence-corrected chi connectivity index (χ3v) is 3.52. The van der Waals surface area contributed by atoms with E-state index in [-0.39, 0.29) is 5.82 Å². The third kappa shape index (κ3) is 3.23. The fourth-order valence-corrected chi connectivity index (χ4v) is 2.39. The van der Waals surface area contributed by atoms with Crippen molar-refractivity contribution in [1.29, 1.82) is 0 Å². The predicted octanol–water partition coefficient (Wildman–Crippen LogP) is 4.37. The van der Waals surface area contributed by atoms with Crippen molar-refractivity contribution >= 4 is 11.6 Å². The summed E-state index contributed by atoms with van der Waals surface area (Å²) in [5.74, 6) is 1.11. The number of benzene rings is 2. The Morgan fingerprint density at radius 2 is 1.85 bits per heavy atom. The van der Waals surface area contributed by atoms with E-state index < -0.39 is 5.38 Å². The minimum absolute atomic E-state index is 0.250. The summed E-state index contributed by atoms with van der Waals surface area (Å²) in [6, 6.07) is 12.0. The molecule has 106 valence electrons. The second-order valence-electron chi connectivity index (χ2n) is 4.37. The zero-order valence-corrected chi connectivity index (χ0v) is 12.2. The molecule has 0 fully saturated rings. The van der Waals surface area contributed by atoms with Gasteiger partial charge in [-0.3, -0.25) is 0 Å². The molecule has 1 atom stereocenters. The van der Waals surface area contributed by atoms with Crippen molar-refractivity contribution in [3.63, 3.8) is 0 Å². The molecule has 0 amide bonds. The summed E-state index contributed by atoms with van der Waals surface area (Å²) < 4.78 is 24.2. The van der Waals surface area contributed by atoms with Crippen LogP contribution in [0.3, 0.4) is 0 Å². The number of methoxy groups -OCH3 is 2. The van der Waals surface area contributed by atoms with E-state index in [9.17, 15) is 4.39 Å². The molecule has 0 aromatic heterocycles. The highest BCUT2D eigenvalue weighted by atomic mass is 35.5. The van der Waals surface area contributed by atoms with Gasteiger partial charge >= 0.3 is 0 Å². The molecular formula is C16H16ClFO2. The molecule has 1 unspecified atom stereocenters. The van der Waals surface area contributed by atoms with Crippen LogP contribution in [0.5, 0.6) is 11.5 Å². The van der Waals surface area contributed by atoms with Crippen molar-refractivity contribution < 1.29 is 13.9 Å². The smallest absolute Gasteiger partial charge is 0.126 e. The van der Waals surface area contributed by atoms with Gasteiger partial charge in [0.2, 0.25) is 0 Å². The maximum atomic E-state index is 13.7. The van der Waals surface area contributed by atoms with E-state index >= 15 is 0 Å². The van der Waals surface area contributed by atoms with Crippen molar-refractivity contribution in [3.05, 3.63) is 59.4 Å². The monoisotopic (exact) mass is 294 g/mol. The number of hydrogen-bond donors (Lipinski definition) is 0. The van der Waals surface area contributed by atoms with Crippen LogP contribution in [0.15, 0.2) is 42.5 Å². The first kappa shape index (κ1) is 14.7. The average molecular weight is 295 g/mol. The Labute approximate surface area is 123 Å². The molecule has 0 spiro atoms. The van der Waals surface area contributed by atoms with Crippen LogP contribution < -0.4 is 9.47 Å². The van der Waals surface area contributed by atoms with Crippen molar-refractivity contribution in [2.45, 2.75) is 11.8 Å². The lowest BCUT2D eigenvalue weighted by Gasteiger charge is -2.15. The van der Waals surface area contributed by atoms with Crippen LogP contribution in [-0.2, 0) is 6.42 Å². The highest BCUT2D eigenvalue weighted by Gasteiger charge is 2.17. The Balaban J connectivity index is 2.28. The predicted molar refractivity (Wildman–Crippen MR) is 78.2 cm³/mol. The second kappa shape index (κ2) is 6.62. The second-order valence-corrected chi connectivity index (χ2v) is 4.90. The molecule has 0 bridgehead atoms. The number of rotatable bonds is 5. The topological polar surface area (TPSA) is 18.5 Å². The summed E-state index contributed by atoms with van der Waals surface area (Å²) in [6.07, 6.45) is 0.387. The molecule has 0 saturated heterocycles. The fraction of sp³-hybridized carbons (Fsp3) is 0.250. The zero-order valence-electron chi connectivity index (χ0n) is 11.4. The van der Waals surface area contributed by atoms with Gasteiger partial charge in [-0.1, -0.05) is 18.2 Å². The van der Waals surface area contributed by atoms with Crippen LogP contribution in [0.25, 0.3) is 0 Å². The standard InChI is InChI=1S/C16H16ClFO2/c1-19-12-7-8-16(20-2)13(10-12)14(17)9-11-5-3-4-6-15(11)18/h3-8,10,14H,9H2,1-2H3. The molecule has 0 radical (unpaired) electrons. The molecule has 2 aromatic rings. The lowest BCUT2D eigenvalue weighted by molar-refractivity contribution is 0.398. The maximum absolute atomic E-state index is 13.7. The van der Waals surface area contributed by atoms with E-state index in [1.54, 1.807) is 44.6 Å². The number of alkyl halides is 1. The Hall–Kier alpha value is -1.74. The van der Waals surface area contributed by atoms with Gasteiger partial charge in [0, 0.05) is 5.56 Å². The average Bonchev–Trinajstić information content (AvgIpc) is 2.48. The Morgan fingerprint density at radius 1 is 1.10 bits per heavy atom.